The van der Waals surface area contributed by atoms with Gasteiger partial charge >= 0.3 is 6.18 Å². The van der Waals surface area contributed by atoms with Gasteiger partial charge < -0.3 is 10.2 Å². The summed E-state index contributed by atoms with van der Waals surface area (Å²) in [5, 5.41) is 3.13. The molecule has 3 nitrogen and oxygen atoms in total. The summed E-state index contributed by atoms with van der Waals surface area (Å²) in [6.45, 7) is 0.286. The largest absolute Gasteiger partial charge is 0.406 e. The van der Waals surface area contributed by atoms with E-state index in [1.807, 2.05) is 0 Å². The lowest BCUT2D eigenvalue weighted by Crippen LogP contribution is -2.50. The highest BCUT2D eigenvalue weighted by molar-refractivity contribution is 5.77. The Morgan fingerprint density at radius 3 is 2.25 bits per heavy atom. The SMILES string of the molecule is O=C(CC1CCCC1)N(CC(F)(F)F)C1CCNCC1. The second-order valence-corrected chi connectivity index (χ2v) is 5.97. The molecule has 0 unspecified atom stereocenters. The molecule has 0 bridgehead atoms. The van der Waals surface area contributed by atoms with Gasteiger partial charge in [0.25, 0.3) is 0 Å². The molecule has 1 aliphatic heterocycles. The molecule has 1 heterocycles. The lowest BCUT2D eigenvalue weighted by Gasteiger charge is -2.35. The summed E-state index contributed by atoms with van der Waals surface area (Å²) in [4.78, 5) is 13.4. The van der Waals surface area contributed by atoms with Gasteiger partial charge in [-0.2, -0.15) is 13.2 Å². The first-order valence-corrected chi connectivity index (χ1v) is 7.52. The Balaban J connectivity index is 1.97. The lowest BCUT2D eigenvalue weighted by molar-refractivity contribution is -0.167. The molecule has 1 N–H and O–H groups in total. The number of hydrogen-bond acceptors (Lipinski definition) is 2. The van der Waals surface area contributed by atoms with Gasteiger partial charge in [0.05, 0.1) is 0 Å². The topological polar surface area (TPSA) is 32.3 Å². The highest BCUT2D eigenvalue weighted by Crippen LogP contribution is 2.30. The summed E-state index contributed by atoms with van der Waals surface area (Å²) < 4.78 is 38.2. The molecule has 1 saturated heterocycles. The van der Waals surface area contributed by atoms with Crippen LogP contribution in [0, 0.1) is 5.92 Å². The maximum atomic E-state index is 12.7. The van der Waals surface area contributed by atoms with Gasteiger partial charge in [-0.1, -0.05) is 12.8 Å². The van der Waals surface area contributed by atoms with Crippen molar-refractivity contribution in [3.05, 3.63) is 0 Å². The van der Waals surface area contributed by atoms with Crippen LogP contribution in [-0.2, 0) is 4.79 Å². The first kappa shape index (κ1) is 15.6. The van der Waals surface area contributed by atoms with Gasteiger partial charge in [0.2, 0.25) is 5.91 Å². The normalized spacial score (nSPS) is 22.1. The fourth-order valence-corrected chi connectivity index (χ4v) is 3.31. The molecule has 20 heavy (non-hydrogen) atoms. The van der Waals surface area contributed by atoms with Crippen LogP contribution in [0.4, 0.5) is 13.2 Å². The minimum atomic E-state index is -4.31. The molecule has 0 spiro atoms. The molecule has 0 radical (unpaired) electrons. The Kier molecular flexibility index (Phi) is 5.29. The van der Waals surface area contributed by atoms with Crippen LogP contribution in [-0.4, -0.2) is 42.7 Å². The van der Waals surface area contributed by atoms with Gasteiger partial charge in [0.15, 0.2) is 0 Å². The van der Waals surface area contributed by atoms with E-state index < -0.39 is 12.7 Å². The number of nitrogens with zero attached hydrogens (tertiary/aromatic N) is 1. The number of amides is 1. The van der Waals surface area contributed by atoms with Crippen LogP contribution >= 0.6 is 0 Å². The molecule has 0 atom stereocenters. The Morgan fingerprint density at radius 1 is 1.10 bits per heavy atom. The van der Waals surface area contributed by atoms with Gasteiger partial charge in [0, 0.05) is 12.5 Å². The third-order valence-corrected chi connectivity index (χ3v) is 4.36. The van der Waals surface area contributed by atoms with E-state index in [0.29, 0.717) is 38.3 Å². The second-order valence-electron chi connectivity index (χ2n) is 5.97. The smallest absolute Gasteiger partial charge is 0.331 e. The summed E-state index contributed by atoms with van der Waals surface area (Å²) in [6, 6.07) is -0.258. The summed E-state index contributed by atoms with van der Waals surface area (Å²) in [5.41, 5.74) is 0. The van der Waals surface area contributed by atoms with Crippen LogP contribution in [0.15, 0.2) is 0 Å². The molecular weight excluding hydrogens is 269 g/mol. The Morgan fingerprint density at radius 2 is 1.70 bits per heavy atom. The van der Waals surface area contributed by atoms with Crippen LogP contribution in [0.25, 0.3) is 0 Å². The molecular formula is C14H23F3N2O. The van der Waals surface area contributed by atoms with E-state index in [9.17, 15) is 18.0 Å². The fraction of sp³-hybridized carbons (Fsp3) is 0.929. The van der Waals surface area contributed by atoms with Gasteiger partial charge in [-0.25, -0.2) is 0 Å². The average molecular weight is 292 g/mol. The van der Waals surface area contributed by atoms with Gasteiger partial charge in [-0.05, 0) is 44.7 Å². The fourth-order valence-electron chi connectivity index (χ4n) is 3.31. The van der Waals surface area contributed by atoms with Gasteiger partial charge in [-0.15, -0.1) is 0 Å². The second kappa shape index (κ2) is 6.78. The first-order chi connectivity index (χ1) is 9.46. The van der Waals surface area contributed by atoms with E-state index in [-0.39, 0.29) is 11.9 Å². The molecule has 2 rings (SSSR count). The average Bonchev–Trinajstić information content (AvgIpc) is 2.89. The van der Waals surface area contributed by atoms with Crippen molar-refractivity contribution in [3.63, 3.8) is 0 Å². The monoisotopic (exact) mass is 292 g/mol. The molecule has 0 aromatic carbocycles. The van der Waals surface area contributed by atoms with Gasteiger partial charge in [0.1, 0.15) is 6.54 Å². The number of carbonyl (C=O) groups is 1. The standard InChI is InChI=1S/C14H23F3N2O/c15-14(16,17)10-19(12-5-7-18-8-6-12)13(20)9-11-3-1-2-4-11/h11-12,18H,1-10H2. The van der Waals surface area contributed by atoms with Crippen LogP contribution in [0.2, 0.25) is 0 Å². The number of piperidine rings is 1. The molecule has 116 valence electrons. The van der Waals surface area contributed by atoms with Crippen molar-refractivity contribution in [2.45, 2.75) is 57.2 Å². The summed E-state index contributed by atoms with van der Waals surface area (Å²) in [6.07, 6.45) is 1.39. The van der Waals surface area contributed by atoms with Crippen LogP contribution in [0.5, 0.6) is 0 Å². The quantitative estimate of drug-likeness (QED) is 0.864. The summed E-state index contributed by atoms with van der Waals surface area (Å²) >= 11 is 0. The van der Waals surface area contributed by atoms with Crippen molar-refractivity contribution < 1.29 is 18.0 Å². The third-order valence-electron chi connectivity index (χ3n) is 4.36. The van der Waals surface area contributed by atoms with Gasteiger partial charge in [-0.3, -0.25) is 4.79 Å². The van der Waals surface area contributed by atoms with Crippen molar-refractivity contribution >= 4 is 5.91 Å². The summed E-state index contributed by atoms with van der Waals surface area (Å²) in [7, 11) is 0. The maximum absolute atomic E-state index is 12.7. The molecule has 0 aromatic heterocycles. The van der Waals surface area contributed by atoms with Crippen LogP contribution < -0.4 is 5.32 Å². The van der Waals surface area contributed by atoms with E-state index in [4.69, 9.17) is 0 Å². The molecule has 2 fully saturated rings. The molecule has 1 amide bonds. The number of carbonyl (C=O) groups excluding carboxylic acids is 1. The molecule has 2 aliphatic rings. The highest BCUT2D eigenvalue weighted by Gasteiger charge is 2.37. The first-order valence-electron chi connectivity index (χ1n) is 7.52. The van der Waals surface area contributed by atoms with E-state index >= 15 is 0 Å². The molecule has 1 saturated carbocycles. The minimum absolute atomic E-state index is 0.258. The van der Waals surface area contributed by atoms with Crippen molar-refractivity contribution in [2.24, 2.45) is 5.92 Å². The number of nitrogens with one attached hydrogen (secondary N) is 1. The Labute approximate surface area is 117 Å². The number of rotatable bonds is 4. The van der Waals surface area contributed by atoms with Crippen molar-refractivity contribution in [1.29, 1.82) is 0 Å². The van der Waals surface area contributed by atoms with E-state index in [1.165, 1.54) is 0 Å². The molecule has 0 aromatic rings. The minimum Gasteiger partial charge on any atom is -0.331 e. The summed E-state index contributed by atoms with van der Waals surface area (Å²) in [5.74, 6) is -0.0129. The number of alkyl halides is 3. The third kappa shape index (κ3) is 4.65. The Bertz CT molecular complexity index is 321. The van der Waals surface area contributed by atoms with E-state index in [1.54, 1.807) is 0 Å². The van der Waals surface area contributed by atoms with Crippen LogP contribution in [0.3, 0.4) is 0 Å². The molecule has 6 heteroatoms. The van der Waals surface area contributed by atoms with Crippen molar-refractivity contribution in [3.8, 4) is 0 Å². The lowest BCUT2D eigenvalue weighted by atomic mass is 10.00. The predicted molar refractivity (Wildman–Crippen MR) is 70.2 cm³/mol. The Hall–Kier alpha value is -0.780. The number of hydrogen-bond donors (Lipinski definition) is 1. The van der Waals surface area contributed by atoms with Crippen molar-refractivity contribution in [2.75, 3.05) is 19.6 Å². The number of halogens is 3. The zero-order valence-corrected chi connectivity index (χ0v) is 11.7. The maximum Gasteiger partial charge on any atom is 0.406 e. The zero-order chi connectivity index (χ0) is 14.6. The predicted octanol–water partition coefficient (Wildman–Crippen LogP) is 2.71. The van der Waals surface area contributed by atoms with E-state index in [0.717, 1.165) is 30.6 Å². The molecule has 1 aliphatic carbocycles. The highest BCUT2D eigenvalue weighted by atomic mass is 19.4. The van der Waals surface area contributed by atoms with Crippen LogP contribution in [0.1, 0.15) is 44.9 Å². The van der Waals surface area contributed by atoms with Crippen molar-refractivity contribution in [1.82, 2.24) is 10.2 Å². The van der Waals surface area contributed by atoms with E-state index in [2.05, 4.69) is 5.32 Å². The zero-order valence-electron chi connectivity index (χ0n) is 11.7.